The Labute approximate surface area is 206 Å². The fourth-order valence-electron chi connectivity index (χ4n) is 5.04. The summed E-state index contributed by atoms with van der Waals surface area (Å²) in [4.78, 5) is -2.63. The van der Waals surface area contributed by atoms with Crippen LogP contribution >= 0.6 is 0 Å². The molecule has 5 rings (SSSR count). The highest BCUT2D eigenvalue weighted by Crippen LogP contribution is 2.49. The predicted octanol–water partition coefficient (Wildman–Crippen LogP) is 5.72. The largest absolute Gasteiger partial charge is 0.744 e. The first-order chi connectivity index (χ1) is 16.9. The molecule has 0 atom stereocenters. The molecular weight excluding hydrogens is 524 g/mol. The van der Waals surface area contributed by atoms with Crippen LogP contribution in [0.25, 0.3) is 0 Å². The highest BCUT2D eigenvalue weighted by molar-refractivity contribution is 7.87. The summed E-state index contributed by atoms with van der Waals surface area (Å²) in [7, 11) is -11.0. The van der Waals surface area contributed by atoms with Crippen molar-refractivity contribution in [2.24, 2.45) is 0 Å². The van der Waals surface area contributed by atoms with E-state index < -0.39 is 54.2 Å². The lowest BCUT2D eigenvalue weighted by Crippen LogP contribution is -2.24. The van der Waals surface area contributed by atoms with Gasteiger partial charge in [-0.25, -0.2) is 17.2 Å². The van der Waals surface area contributed by atoms with Crippen molar-refractivity contribution in [2.75, 3.05) is 0 Å². The molecule has 0 heterocycles. The molecule has 0 spiro atoms. The average Bonchev–Trinajstić information content (AvgIpc) is 2.64. The quantitative estimate of drug-likeness (QED) is 0.190. The van der Waals surface area contributed by atoms with Gasteiger partial charge in [-0.1, -0.05) is 31.4 Å². The highest BCUT2D eigenvalue weighted by atomic mass is 32.2. The summed E-state index contributed by atoms with van der Waals surface area (Å²) in [5.74, 6) is -11.8. The Morgan fingerprint density at radius 3 is 1.42 bits per heavy atom. The molecule has 0 unspecified atom stereocenters. The summed E-state index contributed by atoms with van der Waals surface area (Å²) in [6.07, 6.45) is 7.61. The number of hydrogen-bond acceptors (Lipinski definition) is 6. The van der Waals surface area contributed by atoms with Crippen molar-refractivity contribution in [3.63, 3.8) is 0 Å². The Kier molecular flexibility index (Phi) is 6.36. The van der Waals surface area contributed by atoms with Crippen molar-refractivity contribution >= 4 is 20.2 Å². The van der Waals surface area contributed by atoms with E-state index in [1.807, 2.05) is 0 Å². The van der Waals surface area contributed by atoms with Crippen molar-refractivity contribution in [1.29, 1.82) is 0 Å². The molecule has 3 aliphatic rings. The maximum Gasteiger partial charge on any atom is 0.339 e. The SMILES string of the molecule is O=S(=O)([O-])c1c(F)c(F)c(OS(=O)(=O)c2c(C3CCC3)cc(C3CCC3)cc2C2CCC2)c(F)c1F. The lowest BCUT2D eigenvalue weighted by Gasteiger charge is -2.35. The van der Waals surface area contributed by atoms with Crippen molar-refractivity contribution in [3.8, 4) is 5.75 Å². The first-order valence-electron chi connectivity index (χ1n) is 11.8. The summed E-state index contributed by atoms with van der Waals surface area (Å²) in [5, 5.41) is 0. The van der Waals surface area contributed by atoms with Crippen LogP contribution in [0.5, 0.6) is 5.75 Å². The van der Waals surface area contributed by atoms with E-state index in [4.69, 9.17) is 0 Å². The average molecular weight is 548 g/mol. The maximum atomic E-state index is 14.6. The molecule has 0 radical (unpaired) electrons. The molecule has 12 heteroatoms. The van der Waals surface area contributed by atoms with Crippen LogP contribution in [0.3, 0.4) is 0 Å². The minimum Gasteiger partial charge on any atom is -0.744 e. The second-order valence-electron chi connectivity index (χ2n) is 9.82. The van der Waals surface area contributed by atoms with Gasteiger partial charge in [0.1, 0.15) is 19.9 Å². The zero-order valence-corrected chi connectivity index (χ0v) is 20.7. The first kappa shape index (κ1) is 25.5. The van der Waals surface area contributed by atoms with Gasteiger partial charge in [0, 0.05) is 0 Å². The topological polar surface area (TPSA) is 101 Å². The minimum atomic E-state index is -5.94. The molecule has 6 nitrogen and oxygen atoms in total. The molecule has 0 saturated heterocycles. The second kappa shape index (κ2) is 8.98. The van der Waals surface area contributed by atoms with E-state index in [9.17, 15) is 39.0 Å². The Hall–Kier alpha value is -2.18. The van der Waals surface area contributed by atoms with Gasteiger partial charge in [-0.3, -0.25) is 0 Å². The van der Waals surface area contributed by atoms with Gasteiger partial charge >= 0.3 is 10.1 Å². The fraction of sp³-hybridized carbons (Fsp3) is 0.500. The van der Waals surface area contributed by atoms with Crippen LogP contribution < -0.4 is 4.18 Å². The van der Waals surface area contributed by atoms with Crippen molar-refractivity contribution in [3.05, 3.63) is 52.1 Å². The molecule has 0 N–H and O–H groups in total. The Morgan fingerprint density at radius 2 is 1.08 bits per heavy atom. The molecule has 196 valence electrons. The van der Waals surface area contributed by atoms with E-state index in [0.717, 1.165) is 37.7 Å². The molecule has 36 heavy (non-hydrogen) atoms. The molecule has 2 aromatic rings. The number of hydrogen-bond donors (Lipinski definition) is 0. The Morgan fingerprint density at radius 1 is 0.667 bits per heavy atom. The number of halogens is 4. The van der Waals surface area contributed by atoms with Gasteiger partial charge in [0.05, 0.1) is 0 Å². The summed E-state index contributed by atoms with van der Waals surface area (Å²) < 4.78 is 123. The third-order valence-corrected chi connectivity index (χ3v) is 9.93. The van der Waals surface area contributed by atoms with Crippen LogP contribution in [0.2, 0.25) is 0 Å². The molecular formula is C24H23F4O6S2-. The smallest absolute Gasteiger partial charge is 0.339 e. The maximum absolute atomic E-state index is 14.6. The van der Waals surface area contributed by atoms with Gasteiger partial charge in [0.15, 0.2) is 11.6 Å². The molecule has 0 amide bonds. The fourth-order valence-corrected chi connectivity index (χ4v) is 7.14. The van der Waals surface area contributed by atoms with Gasteiger partial charge < -0.3 is 8.74 Å². The van der Waals surface area contributed by atoms with E-state index in [1.54, 1.807) is 12.1 Å². The number of rotatable bonds is 7. The Balaban J connectivity index is 1.67. The van der Waals surface area contributed by atoms with Crippen molar-refractivity contribution in [2.45, 2.75) is 85.3 Å². The van der Waals surface area contributed by atoms with E-state index in [1.165, 1.54) is 0 Å². The molecule has 2 aromatic carbocycles. The predicted molar refractivity (Wildman–Crippen MR) is 118 cm³/mol. The van der Waals surface area contributed by atoms with Crippen LogP contribution in [-0.4, -0.2) is 21.4 Å². The molecule has 0 aromatic heterocycles. The normalized spacial score (nSPS) is 19.5. The van der Waals surface area contributed by atoms with Gasteiger partial charge in [-0.15, -0.1) is 0 Å². The van der Waals surface area contributed by atoms with E-state index in [0.29, 0.717) is 42.7 Å². The van der Waals surface area contributed by atoms with Crippen LogP contribution in [-0.2, 0) is 20.2 Å². The molecule has 0 aliphatic heterocycles. The first-order valence-corrected chi connectivity index (χ1v) is 14.7. The highest BCUT2D eigenvalue weighted by Gasteiger charge is 2.39. The van der Waals surface area contributed by atoms with Crippen LogP contribution in [0, 0.1) is 23.3 Å². The monoisotopic (exact) mass is 547 g/mol. The van der Waals surface area contributed by atoms with Crippen molar-refractivity contribution in [1.82, 2.24) is 0 Å². The summed E-state index contributed by atoms with van der Waals surface area (Å²) in [6.45, 7) is 0. The third-order valence-electron chi connectivity index (χ3n) is 7.71. The zero-order valence-electron chi connectivity index (χ0n) is 19.0. The lowest BCUT2D eigenvalue weighted by molar-refractivity contribution is 0.359. The Bertz CT molecular complexity index is 1380. The van der Waals surface area contributed by atoms with Crippen LogP contribution in [0.15, 0.2) is 21.9 Å². The van der Waals surface area contributed by atoms with Gasteiger partial charge in [0.25, 0.3) is 0 Å². The zero-order chi connectivity index (χ0) is 26.0. The van der Waals surface area contributed by atoms with E-state index in [2.05, 4.69) is 4.18 Å². The summed E-state index contributed by atoms with van der Waals surface area (Å²) in [5.41, 5.74) is 1.93. The van der Waals surface area contributed by atoms with Crippen molar-refractivity contribution < 1.29 is 43.1 Å². The van der Waals surface area contributed by atoms with Gasteiger partial charge in [-0.05, 0) is 73.0 Å². The lowest BCUT2D eigenvalue weighted by atomic mass is 9.72. The van der Waals surface area contributed by atoms with Gasteiger partial charge in [0.2, 0.25) is 17.4 Å². The molecule has 0 bridgehead atoms. The summed E-state index contributed by atoms with van der Waals surface area (Å²) in [6, 6.07) is 3.60. The third kappa shape index (κ3) is 4.20. The van der Waals surface area contributed by atoms with Crippen LogP contribution in [0.1, 0.15) is 92.2 Å². The minimum absolute atomic E-state index is 0.117. The van der Waals surface area contributed by atoms with Crippen LogP contribution in [0.4, 0.5) is 17.6 Å². The molecule has 3 saturated carbocycles. The molecule has 3 fully saturated rings. The van der Waals surface area contributed by atoms with E-state index in [-0.39, 0.29) is 16.7 Å². The molecule has 3 aliphatic carbocycles. The number of benzene rings is 2. The second-order valence-corrected chi connectivity index (χ2v) is 12.6. The van der Waals surface area contributed by atoms with E-state index >= 15 is 0 Å². The van der Waals surface area contributed by atoms with Gasteiger partial charge in [-0.2, -0.15) is 17.2 Å². The standard InChI is InChI=1S/C24H24F4O6S2/c25-18-20(27)24(35(29,30)31)21(28)19(26)22(18)34-36(32,33)23-16(13-6-2-7-13)10-15(12-4-1-5-12)11-17(23)14-8-3-9-14/h10-14H,1-9H2,(H,29,30,31)/p-1. The summed E-state index contributed by atoms with van der Waals surface area (Å²) >= 11 is 0.